The van der Waals surface area contributed by atoms with Crippen LogP contribution < -0.4 is 0 Å². The van der Waals surface area contributed by atoms with Gasteiger partial charge in [0.2, 0.25) is 0 Å². The lowest BCUT2D eigenvalue weighted by atomic mass is 9.33. The van der Waals surface area contributed by atoms with Crippen molar-refractivity contribution < 1.29 is 13.9 Å². The summed E-state index contributed by atoms with van der Waals surface area (Å²) in [6.45, 7) is 0.144. The summed E-state index contributed by atoms with van der Waals surface area (Å²) in [5.41, 5.74) is -0.0901. The maximum absolute atomic E-state index is 13.5. The summed E-state index contributed by atoms with van der Waals surface area (Å²) >= 11 is 0. The van der Waals surface area contributed by atoms with E-state index >= 15 is 0 Å². The molecule has 1 aromatic rings. The number of rotatable bonds is 2. The summed E-state index contributed by atoms with van der Waals surface area (Å²) < 4.78 is 27.0. The average Bonchev–Trinajstić information content (AvgIpc) is 2.06. The minimum Gasteiger partial charge on any atom is -0.396 e. The molecule has 0 amide bonds. The topological polar surface area (TPSA) is 20.2 Å². The van der Waals surface area contributed by atoms with Crippen molar-refractivity contribution in [2.75, 3.05) is 6.61 Å². The van der Waals surface area contributed by atoms with Crippen LogP contribution in [0.4, 0.5) is 8.78 Å². The highest BCUT2D eigenvalue weighted by Crippen LogP contribution is 2.73. The Labute approximate surface area is 86.7 Å². The Kier molecular flexibility index (Phi) is 1.60. The van der Waals surface area contributed by atoms with Crippen molar-refractivity contribution in [2.24, 2.45) is 5.41 Å². The first-order valence-corrected chi connectivity index (χ1v) is 5.16. The third-order valence-electron chi connectivity index (χ3n) is 3.97. The Balaban J connectivity index is 1.97. The summed E-state index contributed by atoms with van der Waals surface area (Å²) in [6.07, 6.45) is 2.19. The van der Waals surface area contributed by atoms with Crippen molar-refractivity contribution in [3.63, 3.8) is 0 Å². The third kappa shape index (κ3) is 0.991. The molecule has 3 aliphatic carbocycles. The number of hydrogen-bond acceptors (Lipinski definition) is 1. The van der Waals surface area contributed by atoms with Crippen LogP contribution in [0.25, 0.3) is 0 Å². The Hall–Kier alpha value is -0.960. The predicted octanol–water partition coefficient (Wildman–Crippen LogP) is 2.38. The fourth-order valence-corrected chi connectivity index (χ4v) is 3.44. The zero-order valence-electron chi connectivity index (χ0n) is 8.26. The number of aliphatic hydroxyl groups excluding tert-OH is 1. The first kappa shape index (κ1) is 9.28. The van der Waals surface area contributed by atoms with Gasteiger partial charge in [0.25, 0.3) is 0 Å². The van der Waals surface area contributed by atoms with Crippen molar-refractivity contribution >= 4 is 0 Å². The van der Waals surface area contributed by atoms with E-state index in [4.69, 9.17) is 5.11 Å². The summed E-state index contributed by atoms with van der Waals surface area (Å²) in [5.74, 6) is -0.887. The molecule has 0 unspecified atom stereocenters. The van der Waals surface area contributed by atoms with E-state index in [0.717, 1.165) is 19.3 Å². The molecule has 0 saturated heterocycles. The predicted molar refractivity (Wildman–Crippen MR) is 51.4 cm³/mol. The van der Waals surface area contributed by atoms with E-state index < -0.39 is 11.6 Å². The Bertz CT molecular complexity index is 388. The molecule has 4 rings (SSSR count). The molecular weight excluding hydrogens is 198 g/mol. The molecule has 3 aliphatic rings. The molecule has 1 N–H and O–H groups in total. The molecule has 0 spiro atoms. The molecule has 3 saturated carbocycles. The van der Waals surface area contributed by atoms with Gasteiger partial charge in [-0.25, -0.2) is 8.78 Å². The SMILES string of the molecule is OCC12CC(c3c(F)cccc3F)(C1)C2. The molecule has 0 aromatic heterocycles. The molecule has 3 fully saturated rings. The van der Waals surface area contributed by atoms with E-state index in [1.165, 1.54) is 18.2 Å². The zero-order chi connectivity index (χ0) is 10.7. The van der Waals surface area contributed by atoms with Crippen LogP contribution in [0.2, 0.25) is 0 Å². The normalized spacial score (nSPS) is 37.0. The Morgan fingerprint density at radius 1 is 1.13 bits per heavy atom. The van der Waals surface area contributed by atoms with Crippen LogP contribution >= 0.6 is 0 Å². The van der Waals surface area contributed by atoms with E-state index in [1.807, 2.05) is 0 Å². The van der Waals surface area contributed by atoms with Crippen molar-refractivity contribution in [1.82, 2.24) is 0 Å². The van der Waals surface area contributed by atoms with Crippen LogP contribution in [0.1, 0.15) is 24.8 Å². The molecule has 1 nitrogen and oxygen atoms in total. The highest BCUT2D eigenvalue weighted by Gasteiger charge is 2.69. The molecule has 2 bridgehead atoms. The van der Waals surface area contributed by atoms with Crippen molar-refractivity contribution in [3.05, 3.63) is 35.4 Å². The number of aliphatic hydroxyl groups is 1. The molecule has 3 heteroatoms. The van der Waals surface area contributed by atoms with Gasteiger partial charge in [0.05, 0.1) is 0 Å². The lowest BCUT2D eigenvalue weighted by molar-refractivity contribution is -0.170. The van der Waals surface area contributed by atoms with Crippen LogP contribution in [0, 0.1) is 17.0 Å². The van der Waals surface area contributed by atoms with Gasteiger partial charge < -0.3 is 5.11 Å². The zero-order valence-corrected chi connectivity index (χ0v) is 8.26. The fourth-order valence-electron chi connectivity index (χ4n) is 3.44. The maximum Gasteiger partial charge on any atom is 0.129 e. The van der Waals surface area contributed by atoms with Crippen LogP contribution in [-0.2, 0) is 5.41 Å². The lowest BCUT2D eigenvalue weighted by Crippen LogP contribution is -2.66. The van der Waals surface area contributed by atoms with Crippen LogP contribution in [0.3, 0.4) is 0 Å². The third-order valence-corrected chi connectivity index (χ3v) is 3.97. The average molecular weight is 210 g/mol. The van der Waals surface area contributed by atoms with Gasteiger partial charge in [0, 0.05) is 17.6 Å². The molecule has 80 valence electrons. The van der Waals surface area contributed by atoms with Gasteiger partial charge in [-0.05, 0) is 36.8 Å². The number of halogens is 2. The van der Waals surface area contributed by atoms with Gasteiger partial charge in [0.1, 0.15) is 11.6 Å². The summed E-state index contributed by atoms with van der Waals surface area (Å²) in [4.78, 5) is 0. The van der Waals surface area contributed by atoms with Crippen molar-refractivity contribution in [2.45, 2.75) is 24.7 Å². The van der Waals surface area contributed by atoms with E-state index in [0.29, 0.717) is 0 Å². The smallest absolute Gasteiger partial charge is 0.129 e. The Morgan fingerprint density at radius 2 is 1.67 bits per heavy atom. The second-order valence-corrected chi connectivity index (χ2v) is 5.07. The number of hydrogen-bond donors (Lipinski definition) is 1. The highest BCUT2D eigenvalue weighted by molar-refractivity contribution is 5.40. The lowest BCUT2D eigenvalue weighted by Gasteiger charge is -2.70. The molecule has 0 heterocycles. The molecule has 15 heavy (non-hydrogen) atoms. The van der Waals surface area contributed by atoms with Crippen molar-refractivity contribution in [3.8, 4) is 0 Å². The largest absolute Gasteiger partial charge is 0.396 e. The molecule has 0 aliphatic heterocycles. The van der Waals surface area contributed by atoms with Gasteiger partial charge in [0.15, 0.2) is 0 Å². The number of benzene rings is 1. The van der Waals surface area contributed by atoms with Gasteiger partial charge in [-0.15, -0.1) is 0 Å². The fraction of sp³-hybridized carbons (Fsp3) is 0.500. The summed E-state index contributed by atoms with van der Waals surface area (Å²) in [5, 5.41) is 9.10. The van der Waals surface area contributed by atoms with Gasteiger partial charge in [-0.2, -0.15) is 0 Å². The first-order valence-electron chi connectivity index (χ1n) is 5.16. The van der Waals surface area contributed by atoms with Crippen LogP contribution in [0.5, 0.6) is 0 Å². The molecule has 1 aromatic carbocycles. The van der Waals surface area contributed by atoms with E-state index in [2.05, 4.69) is 0 Å². The van der Waals surface area contributed by atoms with Crippen LogP contribution in [-0.4, -0.2) is 11.7 Å². The van der Waals surface area contributed by atoms with E-state index in [1.54, 1.807) is 0 Å². The first-order chi connectivity index (χ1) is 7.11. The van der Waals surface area contributed by atoms with Gasteiger partial charge in [-0.3, -0.25) is 0 Å². The standard InChI is InChI=1S/C12H12F2O/c13-8-2-1-3-9(14)10(8)12-4-11(5-12,6-12)7-15/h1-3,15H,4-7H2. The summed E-state index contributed by atoms with van der Waals surface area (Å²) in [6, 6.07) is 4.01. The molecular formula is C12H12F2O. The van der Waals surface area contributed by atoms with E-state index in [9.17, 15) is 8.78 Å². The minimum absolute atomic E-state index is 0.0191. The van der Waals surface area contributed by atoms with Crippen LogP contribution in [0.15, 0.2) is 18.2 Å². The summed E-state index contributed by atoms with van der Waals surface area (Å²) in [7, 11) is 0. The van der Waals surface area contributed by atoms with Gasteiger partial charge in [-0.1, -0.05) is 6.07 Å². The van der Waals surface area contributed by atoms with Gasteiger partial charge >= 0.3 is 0 Å². The monoisotopic (exact) mass is 210 g/mol. The maximum atomic E-state index is 13.5. The van der Waals surface area contributed by atoms with E-state index in [-0.39, 0.29) is 23.0 Å². The minimum atomic E-state index is -0.443. The second-order valence-electron chi connectivity index (χ2n) is 5.07. The quantitative estimate of drug-likeness (QED) is 0.794. The molecule has 0 radical (unpaired) electrons. The second kappa shape index (κ2) is 2.59. The Morgan fingerprint density at radius 3 is 2.13 bits per heavy atom. The molecule has 0 atom stereocenters. The highest BCUT2D eigenvalue weighted by atomic mass is 19.1. The van der Waals surface area contributed by atoms with Crippen molar-refractivity contribution in [1.29, 1.82) is 0 Å².